The van der Waals surface area contributed by atoms with Gasteiger partial charge in [-0.3, -0.25) is 14.9 Å². The lowest BCUT2D eigenvalue weighted by Crippen LogP contribution is -2.51. The molecule has 2 amide bonds. The number of unbranched alkanes of at least 4 members (excludes halogenated alkanes) is 1. The Morgan fingerprint density at radius 1 is 1.38 bits per heavy atom. The zero-order valence-corrected chi connectivity index (χ0v) is 16.8. The molecule has 1 saturated heterocycles. The molecule has 1 aromatic rings. The van der Waals surface area contributed by atoms with Crippen LogP contribution in [0.25, 0.3) is 0 Å². The molecule has 1 aliphatic heterocycles. The Balaban J connectivity index is 2.13. The number of nitrogens with one attached hydrogen (secondary N) is 1. The molecule has 2 atom stereocenters. The van der Waals surface area contributed by atoms with Gasteiger partial charge in [0.1, 0.15) is 6.10 Å². The van der Waals surface area contributed by atoms with Crippen LogP contribution < -0.4 is 10.4 Å². The van der Waals surface area contributed by atoms with Gasteiger partial charge in [-0.05, 0) is 31.2 Å². The molecule has 9 nitrogen and oxygen atoms in total. The molecule has 10 heteroatoms. The van der Waals surface area contributed by atoms with Gasteiger partial charge in [0.15, 0.2) is 14.6 Å². The molecule has 1 heterocycles. The minimum Gasteiger partial charge on any atom is -0.444 e. The minimum atomic E-state index is -3.90. The Kier molecular flexibility index (Phi) is 6.85. The summed E-state index contributed by atoms with van der Waals surface area (Å²) in [6.45, 7) is 1.22. The van der Waals surface area contributed by atoms with Gasteiger partial charge in [0.2, 0.25) is 0 Å². The number of carbonyl (C=O) groups excluding carboxylic acids is 2. The van der Waals surface area contributed by atoms with E-state index in [0.29, 0.717) is 18.5 Å². The number of amides is 2. The molecule has 154 valence electrons. The van der Waals surface area contributed by atoms with Crippen molar-refractivity contribution in [2.24, 2.45) is 0 Å². The van der Waals surface area contributed by atoms with Crippen molar-refractivity contribution in [1.82, 2.24) is 5.48 Å². The van der Waals surface area contributed by atoms with Crippen molar-refractivity contribution in [1.29, 1.82) is 5.26 Å². The summed E-state index contributed by atoms with van der Waals surface area (Å²) < 4.78 is 27.5. The van der Waals surface area contributed by atoms with Crippen molar-refractivity contribution < 1.29 is 28.0 Å². The predicted octanol–water partition coefficient (Wildman–Crippen LogP) is 1.37. The van der Waals surface area contributed by atoms with Gasteiger partial charge in [-0.15, -0.1) is 0 Å². The highest BCUT2D eigenvalue weighted by Gasteiger charge is 2.48. The summed E-state index contributed by atoms with van der Waals surface area (Å²) in [5, 5.41) is 17.4. The highest BCUT2D eigenvalue weighted by molar-refractivity contribution is 7.92. The SMILES string of the molecule is C[C@@](C[C@H]1CN(c2ccc(C#CCCC#N)cc2)C(=O)O1)(C(=O)NO)S(C)(=O)=O. The lowest BCUT2D eigenvalue weighted by atomic mass is 10.0. The molecular formula is C19H21N3O6S. The first kappa shape index (κ1) is 22.2. The van der Waals surface area contributed by atoms with Crippen molar-refractivity contribution in [3.05, 3.63) is 29.8 Å². The summed E-state index contributed by atoms with van der Waals surface area (Å²) in [6, 6.07) is 8.79. The Morgan fingerprint density at radius 2 is 2.03 bits per heavy atom. The fraction of sp³-hybridized carbons (Fsp3) is 0.421. The zero-order chi connectivity index (χ0) is 21.7. The monoisotopic (exact) mass is 419 g/mol. The maximum Gasteiger partial charge on any atom is 0.414 e. The summed E-state index contributed by atoms with van der Waals surface area (Å²) in [6.07, 6.45) is -0.116. The van der Waals surface area contributed by atoms with Crippen LogP contribution in [0.1, 0.15) is 31.7 Å². The van der Waals surface area contributed by atoms with E-state index in [1.807, 2.05) is 6.07 Å². The average Bonchev–Trinajstić information content (AvgIpc) is 3.04. The van der Waals surface area contributed by atoms with Gasteiger partial charge in [-0.2, -0.15) is 5.26 Å². The van der Waals surface area contributed by atoms with Crippen LogP contribution in [0.3, 0.4) is 0 Å². The van der Waals surface area contributed by atoms with E-state index in [1.165, 1.54) is 17.3 Å². The van der Waals surface area contributed by atoms with Crippen molar-refractivity contribution in [3.8, 4) is 17.9 Å². The molecule has 0 aromatic heterocycles. The van der Waals surface area contributed by atoms with Crippen LogP contribution in [0.15, 0.2) is 24.3 Å². The Morgan fingerprint density at radius 3 is 2.59 bits per heavy atom. The average molecular weight is 419 g/mol. The number of hydrogen-bond acceptors (Lipinski definition) is 7. The van der Waals surface area contributed by atoms with Gasteiger partial charge in [0.25, 0.3) is 5.91 Å². The van der Waals surface area contributed by atoms with Gasteiger partial charge in [0.05, 0.1) is 12.6 Å². The molecule has 2 rings (SSSR count). The number of carbonyl (C=O) groups is 2. The largest absolute Gasteiger partial charge is 0.444 e. The highest BCUT2D eigenvalue weighted by atomic mass is 32.2. The summed E-state index contributed by atoms with van der Waals surface area (Å²) in [5.74, 6) is 4.69. The number of rotatable bonds is 6. The summed E-state index contributed by atoms with van der Waals surface area (Å²) >= 11 is 0. The fourth-order valence-corrected chi connectivity index (χ4v) is 3.68. The van der Waals surface area contributed by atoms with Crippen molar-refractivity contribution in [2.45, 2.75) is 37.0 Å². The van der Waals surface area contributed by atoms with E-state index in [0.717, 1.165) is 11.8 Å². The van der Waals surface area contributed by atoms with Gasteiger partial charge < -0.3 is 4.74 Å². The second-order valence-corrected chi connectivity index (χ2v) is 9.22. The number of nitrogens with zero attached hydrogens (tertiary/aromatic N) is 2. The van der Waals surface area contributed by atoms with Gasteiger partial charge >= 0.3 is 6.09 Å². The van der Waals surface area contributed by atoms with E-state index in [1.54, 1.807) is 24.3 Å². The van der Waals surface area contributed by atoms with Crippen molar-refractivity contribution in [3.63, 3.8) is 0 Å². The first-order valence-corrected chi connectivity index (χ1v) is 10.6. The molecule has 1 aromatic carbocycles. The Bertz CT molecular complexity index is 988. The van der Waals surface area contributed by atoms with Crippen molar-refractivity contribution in [2.75, 3.05) is 17.7 Å². The predicted molar refractivity (Wildman–Crippen MR) is 104 cm³/mol. The van der Waals surface area contributed by atoms with Crippen LogP contribution in [0.5, 0.6) is 0 Å². The third-order valence-corrected chi connectivity index (χ3v) is 6.65. The number of ether oxygens (including phenoxy) is 1. The van der Waals surface area contributed by atoms with Gasteiger partial charge in [-0.1, -0.05) is 11.8 Å². The smallest absolute Gasteiger partial charge is 0.414 e. The van der Waals surface area contributed by atoms with E-state index >= 15 is 0 Å². The molecule has 0 unspecified atom stereocenters. The van der Waals surface area contributed by atoms with Gasteiger partial charge in [0, 0.05) is 36.8 Å². The quantitative estimate of drug-likeness (QED) is 0.307. The molecule has 1 fully saturated rings. The first-order chi connectivity index (χ1) is 13.6. The third kappa shape index (κ3) is 5.05. The fourth-order valence-electron chi connectivity index (χ4n) is 2.81. The molecule has 0 bridgehead atoms. The number of sulfone groups is 1. The molecule has 1 aliphatic rings. The van der Waals surface area contributed by atoms with Crippen LogP contribution >= 0.6 is 0 Å². The number of nitriles is 1. The molecule has 0 spiro atoms. The molecule has 0 radical (unpaired) electrons. The first-order valence-electron chi connectivity index (χ1n) is 8.70. The minimum absolute atomic E-state index is 0.0514. The standard InChI is InChI=1S/C19H21N3O6S/c1-19(17(23)21-25,29(2,26)27)12-16-13-22(18(24)28-16)15-9-7-14(8-10-15)6-4-3-5-11-20/h7-10,16,25H,3,5,12-13H2,1-2H3,(H,21,23)/t16-,19+/m0/s1. The van der Waals surface area contributed by atoms with Crippen LogP contribution in [-0.2, 0) is 19.4 Å². The lowest BCUT2D eigenvalue weighted by Gasteiger charge is -2.26. The maximum atomic E-state index is 12.2. The zero-order valence-electron chi connectivity index (χ0n) is 16.0. The third-order valence-electron chi connectivity index (χ3n) is 4.67. The van der Waals surface area contributed by atoms with E-state index in [-0.39, 0.29) is 13.0 Å². The molecule has 29 heavy (non-hydrogen) atoms. The van der Waals surface area contributed by atoms with E-state index < -0.39 is 32.7 Å². The number of hydroxylamine groups is 1. The van der Waals surface area contributed by atoms with Crippen LogP contribution in [0.4, 0.5) is 10.5 Å². The molecular weight excluding hydrogens is 398 g/mol. The van der Waals surface area contributed by atoms with Crippen LogP contribution in [0, 0.1) is 23.2 Å². The topological polar surface area (TPSA) is 137 Å². The molecule has 0 aliphatic carbocycles. The number of benzene rings is 1. The molecule has 2 N–H and O–H groups in total. The van der Waals surface area contributed by atoms with Crippen molar-refractivity contribution >= 4 is 27.5 Å². The summed E-state index contributed by atoms with van der Waals surface area (Å²) in [7, 11) is -3.90. The lowest BCUT2D eigenvalue weighted by molar-refractivity contribution is -0.132. The summed E-state index contributed by atoms with van der Waals surface area (Å²) in [4.78, 5) is 25.5. The van der Waals surface area contributed by atoms with Crippen LogP contribution in [-0.4, -0.2) is 49.3 Å². The second-order valence-electron chi connectivity index (χ2n) is 6.77. The van der Waals surface area contributed by atoms with Crippen LogP contribution in [0.2, 0.25) is 0 Å². The molecule has 0 saturated carbocycles. The van der Waals surface area contributed by atoms with E-state index in [4.69, 9.17) is 15.2 Å². The van der Waals surface area contributed by atoms with E-state index in [2.05, 4.69) is 11.8 Å². The maximum absolute atomic E-state index is 12.2. The van der Waals surface area contributed by atoms with E-state index in [9.17, 15) is 18.0 Å². The highest BCUT2D eigenvalue weighted by Crippen LogP contribution is 2.30. The summed E-state index contributed by atoms with van der Waals surface area (Å²) in [5.41, 5.74) is 2.63. The van der Waals surface area contributed by atoms with Gasteiger partial charge in [-0.25, -0.2) is 18.7 Å². The Labute approximate surface area is 169 Å². The second kappa shape index (κ2) is 8.95. The number of cyclic esters (lactones) is 1. The number of anilines is 1. The number of hydrogen-bond donors (Lipinski definition) is 2. The normalized spacial score (nSPS) is 18.1. The Hall–Kier alpha value is -3.08.